The molecule has 0 unspecified atom stereocenters. The molecule has 0 atom stereocenters. The molecule has 6 aromatic carbocycles. The van der Waals surface area contributed by atoms with Gasteiger partial charge in [-0.25, -0.2) is 0 Å². The molecule has 2 nitrogen and oxygen atoms in total. The van der Waals surface area contributed by atoms with Crippen LogP contribution in [0.3, 0.4) is 0 Å². The van der Waals surface area contributed by atoms with Gasteiger partial charge in [0.05, 0.1) is 0 Å². The van der Waals surface area contributed by atoms with E-state index in [0.717, 1.165) is 13.1 Å². The van der Waals surface area contributed by atoms with E-state index in [1.807, 2.05) is 14.1 Å². The fourth-order valence-corrected chi connectivity index (χ4v) is 10.1. The molecule has 0 saturated heterocycles. The van der Waals surface area contributed by atoms with Crippen LogP contribution in [0, 0.1) is 0 Å². The third-order valence-electron chi connectivity index (χ3n) is 7.21. The summed E-state index contributed by atoms with van der Waals surface area (Å²) >= 11 is 0. The van der Waals surface area contributed by atoms with Crippen molar-refractivity contribution in [2.24, 2.45) is 5.73 Å². The minimum absolute atomic E-state index is 0. The van der Waals surface area contributed by atoms with Crippen LogP contribution in [0.4, 0.5) is 0 Å². The van der Waals surface area contributed by atoms with Crippen molar-refractivity contribution >= 4 is 47.7 Å². The zero-order chi connectivity index (χ0) is 30.6. The quantitative estimate of drug-likeness (QED) is 0.182. The molecule has 0 aromatic heterocycles. The van der Waals surface area contributed by atoms with E-state index in [1.54, 1.807) is 0 Å². The van der Waals surface area contributed by atoms with Gasteiger partial charge in [0.15, 0.2) is 0 Å². The summed E-state index contributed by atoms with van der Waals surface area (Å²) in [5.41, 5.74) is 7.83. The number of hydrogen-bond donors (Lipinski definition) is 1. The number of nitrogens with two attached hydrogens (primary N) is 1. The Morgan fingerprint density at radius 2 is 0.696 bits per heavy atom. The minimum Gasteiger partial charge on any atom is -1.00 e. The zero-order valence-corrected chi connectivity index (χ0v) is 30.5. The normalized spacial score (nSPS) is 10.5. The SMILES string of the molecule is CN(C)CCN.[Cl-].[Ru+3].c1ccc(P(c2ccccc2)c2ccccc2-c2ccccc2P(c2ccccc2)c2ccccc2)cc1. The van der Waals surface area contributed by atoms with Crippen molar-refractivity contribution in [1.82, 2.24) is 4.90 Å². The average molecular weight is 747 g/mol. The molecule has 2 N–H and O–H groups in total. The van der Waals surface area contributed by atoms with Gasteiger partial charge in [-0.1, -0.05) is 170 Å². The predicted octanol–water partition coefficient (Wildman–Crippen LogP) is 3.38. The van der Waals surface area contributed by atoms with Crippen LogP contribution in [0.2, 0.25) is 0 Å². The van der Waals surface area contributed by atoms with Crippen molar-refractivity contribution in [2.45, 2.75) is 0 Å². The van der Waals surface area contributed by atoms with Crippen LogP contribution in [0.5, 0.6) is 0 Å². The second-order valence-electron chi connectivity index (χ2n) is 10.6. The van der Waals surface area contributed by atoms with Crippen molar-refractivity contribution in [3.05, 3.63) is 170 Å². The van der Waals surface area contributed by atoms with Gasteiger partial charge < -0.3 is 23.0 Å². The Kier molecular flexibility index (Phi) is 16.0. The summed E-state index contributed by atoms with van der Waals surface area (Å²) in [6.07, 6.45) is 0. The van der Waals surface area contributed by atoms with Crippen LogP contribution in [0.15, 0.2) is 170 Å². The van der Waals surface area contributed by atoms with Gasteiger partial charge in [0, 0.05) is 13.1 Å². The number of benzene rings is 6. The van der Waals surface area contributed by atoms with Gasteiger partial charge in [-0.05, 0) is 72.9 Å². The maximum Gasteiger partial charge on any atom is 3.00 e. The Labute approximate surface area is 296 Å². The van der Waals surface area contributed by atoms with Crippen molar-refractivity contribution in [1.29, 1.82) is 0 Å². The number of likely N-dealkylation sites (N-methyl/N-ethyl adjacent to an activating group) is 1. The number of halogens is 1. The summed E-state index contributed by atoms with van der Waals surface area (Å²) in [6.45, 7) is 1.74. The van der Waals surface area contributed by atoms with Gasteiger partial charge in [-0.15, -0.1) is 0 Å². The summed E-state index contributed by atoms with van der Waals surface area (Å²) in [5, 5.41) is 8.25. The second kappa shape index (κ2) is 19.6. The van der Waals surface area contributed by atoms with Gasteiger partial charge in [-0.2, -0.15) is 0 Å². The van der Waals surface area contributed by atoms with Crippen LogP contribution in [0.1, 0.15) is 0 Å². The molecular weight excluding hydrogens is 707 g/mol. The summed E-state index contributed by atoms with van der Waals surface area (Å²) in [6, 6.07) is 62.0. The van der Waals surface area contributed by atoms with Gasteiger partial charge in [0.25, 0.3) is 0 Å². The largest absolute Gasteiger partial charge is 3.00 e. The molecule has 46 heavy (non-hydrogen) atoms. The Morgan fingerprint density at radius 3 is 0.935 bits per heavy atom. The summed E-state index contributed by atoms with van der Waals surface area (Å²) in [7, 11) is 2.57. The summed E-state index contributed by atoms with van der Waals surface area (Å²) < 4.78 is 0. The van der Waals surface area contributed by atoms with Crippen LogP contribution < -0.4 is 50.0 Å². The second-order valence-corrected chi connectivity index (χ2v) is 15.0. The van der Waals surface area contributed by atoms with E-state index in [2.05, 4.69) is 175 Å². The molecule has 0 aliphatic heterocycles. The van der Waals surface area contributed by atoms with Crippen LogP contribution in [-0.4, -0.2) is 32.1 Å². The van der Waals surface area contributed by atoms with E-state index in [4.69, 9.17) is 5.73 Å². The van der Waals surface area contributed by atoms with Crippen molar-refractivity contribution in [3.8, 4) is 11.1 Å². The van der Waals surface area contributed by atoms with E-state index in [9.17, 15) is 0 Å². The van der Waals surface area contributed by atoms with Crippen LogP contribution >= 0.6 is 15.8 Å². The van der Waals surface area contributed by atoms with Gasteiger partial charge in [0.2, 0.25) is 0 Å². The standard InChI is InChI=1S/C36H28P2.C4H12N2.ClH.Ru/c1-5-17-29(18-6-1)37(30-19-7-2-8-20-30)35-27-15-13-25-33(35)34-26-14-16-28-36(34)38(31-21-9-3-10-22-31)32-23-11-4-12-24-32;1-6(2)4-3-5;;/h1-28H;3-5H2,1-2H3;1H;/q;;;+3/p-1. The van der Waals surface area contributed by atoms with E-state index >= 15 is 0 Å². The van der Waals surface area contributed by atoms with Crippen LogP contribution in [0.25, 0.3) is 11.1 Å². The minimum atomic E-state index is -0.723. The Bertz CT molecular complexity index is 1500. The van der Waals surface area contributed by atoms with E-state index in [1.165, 1.54) is 43.0 Å². The first kappa shape index (κ1) is 37.5. The molecule has 0 aliphatic carbocycles. The molecule has 6 aromatic rings. The Hall–Kier alpha value is -2.99. The van der Waals surface area contributed by atoms with Gasteiger partial charge in [0.1, 0.15) is 0 Å². The fourth-order valence-electron chi connectivity index (χ4n) is 5.21. The van der Waals surface area contributed by atoms with Gasteiger partial charge >= 0.3 is 19.5 Å². The van der Waals surface area contributed by atoms with Gasteiger partial charge in [-0.3, -0.25) is 0 Å². The van der Waals surface area contributed by atoms with Crippen LogP contribution in [-0.2, 0) is 19.5 Å². The van der Waals surface area contributed by atoms with Crippen molar-refractivity contribution < 1.29 is 31.9 Å². The zero-order valence-electron chi connectivity index (χ0n) is 26.2. The molecule has 1 radical (unpaired) electrons. The Balaban J connectivity index is 0.000000660. The predicted molar refractivity (Wildman–Crippen MR) is 197 cm³/mol. The van der Waals surface area contributed by atoms with Crippen molar-refractivity contribution in [3.63, 3.8) is 0 Å². The smallest absolute Gasteiger partial charge is 1.00 e. The average Bonchev–Trinajstić information content (AvgIpc) is 3.08. The molecule has 0 bridgehead atoms. The van der Waals surface area contributed by atoms with E-state index in [-0.39, 0.29) is 31.9 Å². The third-order valence-corrected chi connectivity index (χ3v) is 12.2. The maximum atomic E-state index is 5.19. The number of nitrogens with zero attached hydrogens (tertiary/aromatic N) is 1. The number of rotatable bonds is 9. The summed E-state index contributed by atoms with van der Waals surface area (Å²) in [5.74, 6) is 0. The molecule has 0 aliphatic rings. The van der Waals surface area contributed by atoms with E-state index in [0.29, 0.717) is 0 Å². The maximum absolute atomic E-state index is 5.19. The molecule has 0 heterocycles. The monoisotopic (exact) mass is 747 g/mol. The molecule has 0 fully saturated rings. The Morgan fingerprint density at radius 1 is 0.435 bits per heavy atom. The fraction of sp³-hybridized carbons (Fsp3) is 0.100. The third kappa shape index (κ3) is 9.76. The summed E-state index contributed by atoms with van der Waals surface area (Å²) in [4.78, 5) is 2.06. The molecule has 0 saturated carbocycles. The first-order valence-corrected chi connectivity index (χ1v) is 17.7. The molecule has 6 heteroatoms. The molecular formula is C40H40ClN2P2Ru+2. The molecule has 0 spiro atoms. The molecule has 6 rings (SSSR count). The molecule has 233 valence electrons. The topological polar surface area (TPSA) is 29.3 Å². The number of hydrogen-bond acceptors (Lipinski definition) is 2. The first-order chi connectivity index (χ1) is 21.7. The van der Waals surface area contributed by atoms with E-state index < -0.39 is 15.8 Å². The molecule has 0 amide bonds. The first-order valence-electron chi connectivity index (χ1n) is 15.0. The van der Waals surface area contributed by atoms with Crippen molar-refractivity contribution in [2.75, 3.05) is 27.2 Å².